The summed E-state index contributed by atoms with van der Waals surface area (Å²) in [5.41, 5.74) is 3.52. The minimum atomic E-state index is -4.50. The summed E-state index contributed by atoms with van der Waals surface area (Å²) in [5.74, 6) is 0.202. The number of aromatic amines is 2. The van der Waals surface area contributed by atoms with Gasteiger partial charge < -0.3 is 45.1 Å². The van der Waals surface area contributed by atoms with Crippen molar-refractivity contribution >= 4 is 51.8 Å². The number of rotatable bonds is 11. The molecule has 3 aliphatic rings. The van der Waals surface area contributed by atoms with Crippen molar-refractivity contribution in [3.63, 3.8) is 0 Å². The molecule has 0 bridgehead atoms. The molecule has 3 aromatic carbocycles. The summed E-state index contributed by atoms with van der Waals surface area (Å²) in [6, 6.07) is 14.7. The summed E-state index contributed by atoms with van der Waals surface area (Å²) in [6.45, 7) is 8.82. The van der Waals surface area contributed by atoms with Crippen molar-refractivity contribution < 1.29 is 42.2 Å². The highest BCUT2D eigenvalue weighted by Gasteiger charge is 2.46. The third-order valence-electron chi connectivity index (χ3n) is 13.2. The van der Waals surface area contributed by atoms with Gasteiger partial charge in [-0.3, -0.25) is 9.59 Å². The van der Waals surface area contributed by atoms with Gasteiger partial charge in [-0.1, -0.05) is 39.8 Å². The molecule has 5 heterocycles. The van der Waals surface area contributed by atoms with Crippen LogP contribution in [0.5, 0.6) is 0 Å². The third-order valence-corrected chi connectivity index (χ3v) is 13.2. The third kappa shape index (κ3) is 8.17. The number of benzene rings is 3. The number of carbonyl (C=O) groups excluding carboxylic acids is 3. The predicted molar refractivity (Wildman–Crippen MR) is 232 cm³/mol. The molecular formula is C46H54F3N9O6. The van der Waals surface area contributed by atoms with E-state index >= 15 is 0 Å². The molecule has 3 unspecified atom stereocenters. The molecule has 3 fully saturated rings. The number of methoxy groups -OCH3 is 1. The molecular weight excluding hydrogens is 832 g/mol. The highest BCUT2D eigenvalue weighted by Crippen LogP contribution is 2.49. The number of carbonyl (C=O) groups is 4. The van der Waals surface area contributed by atoms with Crippen LogP contribution >= 0.6 is 0 Å². The van der Waals surface area contributed by atoms with Gasteiger partial charge in [0.25, 0.3) is 0 Å². The first-order valence-corrected chi connectivity index (χ1v) is 21.9. The maximum Gasteiger partial charge on any atom is 0.416 e. The van der Waals surface area contributed by atoms with Crippen molar-refractivity contribution in [3.05, 3.63) is 89.0 Å². The number of carboxylic acid groups (broad SMARTS) is 1. The number of alkyl carbamates (subject to hydrolysis) is 1. The molecule has 18 heteroatoms. The first-order valence-electron chi connectivity index (χ1n) is 21.9. The van der Waals surface area contributed by atoms with Gasteiger partial charge in [0.05, 0.1) is 52.4 Å². The number of anilines is 1. The number of nitrogens with one attached hydrogen (secondary N) is 4. The van der Waals surface area contributed by atoms with Crippen LogP contribution in [0.25, 0.3) is 22.1 Å². The maximum atomic E-state index is 13.9. The highest BCUT2D eigenvalue weighted by molar-refractivity contribution is 5.87. The Balaban J connectivity index is 1.18. The van der Waals surface area contributed by atoms with Crippen LogP contribution in [-0.2, 0) is 26.0 Å². The summed E-state index contributed by atoms with van der Waals surface area (Å²) in [6.07, 6.45) is -2.32. The maximum absolute atomic E-state index is 13.9. The van der Waals surface area contributed by atoms with E-state index in [0.29, 0.717) is 67.3 Å². The van der Waals surface area contributed by atoms with E-state index in [0.717, 1.165) is 53.6 Å². The molecule has 3 saturated heterocycles. The minimum absolute atomic E-state index is 0.194. The molecule has 0 aliphatic carbocycles. The number of ether oxygens (including phenoxy) is 1. The van der Waals surface area contributed by atoms with E-state index in [2.05, 4.69) is 25.5 Å². The molecule has 3 aliphatic heterocycles. The lowest BCUT2D eigenvalue weighted by atomic mass is 9.80. The van der Waals surface area contributed by atoms with Crippen molar-refractivity contribution in [2.75, 3.05) is 31.6 Å². The normalized spacial score (nSPS) is 21.3. The van der Waals surface area contributed by atoms with Gasteiger partial charge >= 0.3 is 18.4 Å². The summed E-state index contributed by atoms with van der Waals surface area (Å²) >= 11 is 0. The second-order valence-corrected chi connectivity index (χ2v) is 17.8. The number of hydrogen-bond acceptors (Lipinski definition) is 8. The number of hydrogen-bond donors (Lipinski definition) is 5. The number of likely N-dealkylation sites (tertiary alicyclic amines) is 2. The number of fused-ring (bicyclic) bond motifs is 2. The molecule has 2 aromatic heterocycles. The Bertz CT molecular complexity index is 2560. The average Bonchev–Trinajstić information content (AvgIpc) is 4.12. The summed E-state index contributed by atoms with van der Waals surface area (Å²) in [5, 5.41) is 14.5. The Kier molecular flexibility index (Phi) is 12.0. The van der Waals surface area contributed by atoms with Crippen molar-refractivity contribution in [2.24, 2.45) is 11.8 Å². The second kappa shape index (κ2) is 17.3. The number of imidazole rings is 2. The number of aromatic nitrogens is 4. The molecule has 0 spiro atoms. The van der Waals surface area contributed by atoms with Crippen LogP contribution in [0.3, 0.4) is 0 Å². The fourth-order valence-electron chi connectivity index (χ4n) is 9.98. The Morgan fingerprint density at radius 3 is 1.70 bits per heavy atom. The molecule has 8 rings (SSSR count). The monoisotopic (exact) mass is 885 g/mol. The molecule has 340 valence electrons. The van der Waals surface area contributed by atoms with Gasteiger partial charge in [0, 0.05) is 25.3 Å². The zero-order chi connectivity index (χ0) is 45.7. The molecule has 0 radical (unpaired) electrons. The molecule has 4 amide bonds. The van der Waals surface area contributed by atoms with Gasteiger partial charge in [0.2, 0.25) is 11.8 Å². The topological polar surface area (TPSA) is 189 Å². The van der Waals surface area contributed by atoms with Crippen LogP contribution < -0.4 is 15.5 Å². The van der Waals surface area contributed by atoms with E-state index in [9.17, 15) is 37.5 Å². The SMILES string of the molecule is COC(=O)NC(C(=O)N1CCCC1c1nc2cc([C@@]3(c4ccc5[nH]c(C6CCCN6C(=O)[C@@H](NC(=O)O)C(C)C)nc5c4)CCCN3c3ccc(C(F)(F)F)cc3)ccc2[nH]1)C(C)C. The number of amides is 4. The number of halogens is 3. The lowest BCUT2D eigenvalue weighted by Crippen LogP contribution is -2.51. The van der Waals surface area contributed by atoms with Crippen LogP contribution in [0.2, 0.25) is 0 Å². The lowest BCUT2D eigenvalue weighted by Gasteiger charge is -2.41. The van der Waals surface area contributed by atoms with Gasteiger partial charge in [-0.25, -0.2) is 19.6 Å². The van der Waals surface area contributed by atoms with Gasteiger partial charge in [0.15, 0.2) is 0 Å². The van der Waals surface area contributed by atoms with E-state index in [-0.39, 0.29) is 29.7 Å². The predicted octanol–water partition coefficient (Wildman–Crippen LogP) is 8.00. The Morgan fingerprint density at radius 1 is 0.750 bits per heavy atom. The summed E-state index contributed by atoms with van der Waals surface area (Å²) in [7, 11) is 1.26. The largest absolute Gasteiger partial charge is 0.465 e. The fourth-order valence-corrected chi connectivity index (χ4v) is 9.98. The van der Waals surface area contributed by atoms with E-state index in [1.54, 1.807) is 23.6 Å². The zero-order valence-electron chi connectivity index (χ0n) is 36.5. The van der Waals surface area contributed by atoms with E-state index in [1.165, 1.54) is 19.2 Å². The van der Waals surface area contributed by atoms with Crippen molar-refractivity contribution in [3.8, 4) is 0 Å². The quantitative estimate of drug-likeness (QED) is 0.0876. The van der Waals surface area contributed by atoms with E-state index in [4.69, 9.17) is 14.7 Å². The minimum Gasteiger partial charge on any atom is -0.465 e. The molecule has 5 N–H and O–H groups in total. The number of H-pyrrole nitrogens is 2. The van der Waals surface area contributed by atoms with Crippen molar-refractivity contribution in [1.82, 2.24) is 40.4 Å². The standard InChI is InChI=1S/C46H54F3N9O6/c1-25(2)37(54-43(61)62)41(59)56-20-6-9-35(56)39-50-31-17-13-28(23-33(31)52-39)45(19-8-22-58(45)30-15-11-27(12-16-30)46(47,48)49)29-14-18-32-34(24-29)53-40(51-32)36-10-7-21-57(36)42(60)38(26(3)4)55-44(63)64-5/h11-18,23-26,35-38,54H,6-10,19-22H2,1-5H3,(H,50,52)(H,51,53)(H,55,63)(H,61,62)/t35?,36?,37-,38?,45-/m0/s1. The summed E-state index contributed by atoms with van der Waals surface area (Å²) < 4.78 is 46.1. The number of alkyl halides is 3. The van der Waals surface area contributed by atoms with Crippen LogP contribution in [0, 0.1) is 11.8 Å². The Morgan fingerprint density at radius 2 is 1.25 bits per heavy atom. The van der Waals surface area contributed by atoms with Crippen molar-refractivity contribution in [1.29, 1.82) is 0 Å². The second-order valence-electron chi connectivity index (χ2n) is 17.8. The smallest absolute Gasteiger partial charge is 0.416 e. The summed E-state index contributed by atoms with van der Waals surface area (Å²) in [4.78, 5) is 74.0. The fraction of sp³-hybridized carbons (Fsp3) is 0.478. The first-order chi connectivity index (χ1) is 30.5. The average molecular weight is 886 g/mol. The van der Waals surface area contributed by atoms with Gasteiger partial charge in [-0.2, -0.15) is 13.2 Å². The molecule has 15 nitrogen and oxygen atoms in total. The van der Waals surface area contributed by atoms with E-state index in [1.807, 2.05) is 50.2 Å². The molecule has 5 atom stereocenters. The molecule has 5 aromatic rings. The van der Waals surface area contributed by atoms with E-state index < -0.39 is 47.6 Å². The van der Waals surface area contributed by atoms with Crippen LogP contribution in [-0.4, -0.2) is 97.7 Å². The van der Waals surface area contributed by atoms with Crippen molar-refractivity contribution in [2.45, 2.75) is 102 Å². The Hall–Kier alpha value is -6.33. The Labute approximate surface area is 368 Å². The lowest BCUT2D eigenvalue weighted by molar-refractivity contribution is -0.138. The zero-order valence-corrected chi connectivity index (χ0v) is 36.5. The van der Waals surface area contributed by atoms with Gasteiger partial charge in [-0.15, -0.1) is 0 Å². The highest BCUT2D eigenvalue weighted by atomic mass is 19.4. The van der Waals surface area contributed by atoms with Crippen LogP contribution in [0.4, 0.5) is 28.4 Å². The van der Waals surface area contributed by atoms with Gasteiger partial charge in [-0.05, 0) is 110 Å². The van der Waals surface area contributed by atoms with Gasteiger partial charge in [0.1, 0.15) is 23.7 Å². The number of nitrogens with zero attached hydrogens (tertiary/aromatic N) is 5. The first kappa shape index (κ1) is 44.3. The van der Waals surface area contributed by atoms with Crippen LogP contribution in [0.1, 0.15) is 107 Å². The van der Waals surface area contributed by atoms with Crippen LogP contribution in [0.15, 0.2) is 60.7 Å². The molecule has 64 heavy (non-hydrogen) atoms. The molecule has 0 saturated carbocycles.